The van der Waals surface area contributed by atoms with Crippen LogP contribution in [0.4, 0.5) is 0 Å². The number of hydrogen-bond acceptors (Lipinski definition) is 6. The summed E-state index contributed by atoms with van der Waals surface area (Å²) in [6.07, 6.45) is 8.38. The molecule has 2 aromatic rings. The van der Waals surface area contributed by atoms with Crippen molar-refractivity contribution >= 4 is 5.91 Å². The Kier molecular flexibility index (Phi) is 4.92. The van der Waals surface area contributed by atoms with E-state index in [1.165, 1.54) is 6.20 Å². The lowest BCUT2D eigenvalue weighted by atomic mass is 9.77. The maximum absolute atomic E-state index is 12.8. The van der Waals surface area contributed by atoms with E-state index in [0.717, 1.165) is 24.8 Å². The summed E-state index contributed by atoms with van der Waals surface area (Å²) < 4.78 is 5.23. The highest BCUT2D eigenvalue weighted by molar-refractivity contribution is 5.94. The van der Waals surface area contributed by atoms with Crippen LogP contribution in [0.5, 0.6) is 0 Å². The third-order valence-corrected chi connectivity index (χ3v) is 5.73. The van der Waals surface area contributed by atoms with Gasteiger partial charge in [0.15, 0.2) is 0 Å². The van der Waals surface area contributed by atoms with Gasteiger partial charge in [0, 0.05) is 29.4 Å². The zero-order valence-corrected chi connectivity index (χ0v) is 15.2. The highest BCUT2D eigenvalue weighted by Crippen LogP contribution is 2.38. The van der Waals surface area contributed by atoms with Gasteiger partial charge < -0.3 is 9.73 Å². The number of nitrogens with zero attached hydrogens (tertiary/aromatic N) is 2. The van der Waals surface area contributed by atoms with E-state index in [0.29, 0.717) is 35.2 Å². The Bertz CT molecular complexity index is 858. The summed E-state index contributed by atoms with van der Waals surface area (Å²) in [6.45, 7) is 1.94. The minimum absolute atomic E-state index is 0.0899. The number of hydrazine groups is 1. The van der Waals surface area contributed by atoms with E-state index in [4.69, 9.17) is 4.42 Å². The highest BCUT2D eigenvalue weighted by atomic mass is 16.3. The number of hydrogen-bond donors (Lipinski definition) is 3. The van der Waals surface area contributed by atoms with Crippen molar-refractivity contribution in [2.45, 2.75) is 50.7 Å². The van der Waals surface area contributed by atoms with Crippen LogP contribution in [0.1, 0.15) is 59.4 Å². The first-order chi connectivity index (χ1) is 13.2. The molecular weight excluding hydrogens is 342 g/mol. The van der Waals surface area contributed by atoms with E-state index in [1.54, 1.807) is 18.6 Å². The molecule has 1 aliphatic heterocycles. The summed E-state index contributed by atoms with van der Waals surface area (Å²) in [5.74, 6) is 0.192. The molecule has 3 N–H and O–H groups in total. The molecule has 27 heavy (non-hydrogen) atoms. The number of nitrogens with one attached hydrogen (secondary N) is 3. The van der Waals surface area contributed by atoms with Gasteiger partial charge >= 0.3 is 0 Å². The minimum atomic E-state index is -0.189. The first-order valence-electron chi connectivity index (χ1n) is 9.43. The molecule has 4 rings (SSSR count). The second-order valence-electron chi connectivity index (χ2n) is 7.23. The zero-order chi connectivity index (χ0) is 18.8. The molecule has 7 heteroatoms. The normalized spacial score (nSPS) is 27.0. The third-order valence-electron chi connectivity index (χ3n) is 5.73. The summed E-state index contributed by atoms with van der Waals surface area (Å²) in [5, 5.41) is 12.4. The number of carbonyl (C=O) groups excluding carboxylic acids is 1. The first kappa shape index (κ1) is 17.7. The van der Waals surface area contributed by atoms with Gasteiger partial charge in [-0.05, 0) is 43.7 Å². The molecule has 1 amide bonds. The Morgan fingerprint density at radius 2 is 2.30 bits per heavy atom. The van der Waals surface area contributed by atoms with Crippen molar-refractivity contribution in [1.82, 2.24) is 21.2 Å². The summed E-state index contributed by atoms with van der Waals surface area (Å²) >= 11 is 0. The second-order valence-corrected chi connectivity index (χ2v) is 7.23. The van der Waals surface area contributed by atoms with E-state index in [2.05, 4.69) is 27.2 Å². The van der Waals surface area contributed by atoms with Gasteiger partial charge in [0.05, 0.1) is 30.2 Å². The van der Waals surface area contributed by atoms with E-state index in [-0.39, 0.29) is 18.0 Å². The second kappa shape index (κ2) is 7.51. The van der Waals surface area contributed by atoms with Gasteiger partial charge in [-0.2, -0.15) is 5.26 Å². The molecule has 2 fully saturated rings. The molecule has 4 unspecified atom stereocenters. The monoisotopic (exact) mass is 365 g/mol. The Morgan fingerprint density at radius 1 is 1.41 bits per heavy atom. The zero-order valence-electron chi connectivity index (χ0n) is 15.2. The summed E-state index contributed by atoms with van der Waals surface area (Å²) in [4.78, 5) is 17.1. The summed E-state index contributed by atoms with van der Waals surface area (Å²) in [5.41, 5.74) is 9.48. The van der Waals surface area contributed by atoms with E-state index in [1.807, 2.05) is 13.0 Å². The number of pyridine rings is 1. The summed E-state index contributed by atoms with van der Waals surface area (Å²) in [7, 11) is 0. The minimum Gasteiger partial charge on any atom is -0.472 e. The first-order valence-corrected chi connectivity index (χ1v) is 9.43. The van der Waals surface area contributed by atoms with Crippen molar-refractivity contribution in [1.29, 1.82) is 5.26 Å². The number of amides is 1. The van der Waals surface area contributed by atoms with Crippen LogP contribution in [0.3, 0.4) is 0 Å². The Balaban J connectivity index is 1.48. The van der Waals surface area contributed by atoms with Crippen LogP contribution in [0.2, 0.25) is 0 Å². The van der Waals surface area contributed by atoms with Gasteiger partial charge in [-0.15, -0.1) is 0 Å². The molecule has 1 saturated carbocycles. The van der Waals surface area contributed by atoms with Crippen LogP contribution in [-0.4, -0.2) is 23.0 Å². The van der Waals surface area contributed by atoms with Crippen LogP contribution in [0, 0.1) is 17.2 Å². The van der Waals surface area contributed by atoms with E-state index >= 15 is 0 Å². The number of fused-ring (bicyclic) bond motifs is 1. The Morgan fingerprint density at radius 3 is 3.04 bits per heavy atom. The van der Waals surface area contributed by atoms with Gasteiger partial charge in [0.25, 0.3) is 5.91 Å². The summed E-state index contributed by atoms with van der Waals surface area (Å²) in [6, 6.07) is 6.45. The van der Waals surface area contributed by atoms with Crippen molar-refractivity contribution in [2.24, 2.45) is 5.92 Å². The van der Waals surface area contributed by atoms with Crippen LogP contribution < -0.4 is 16.2 Å². The maximum atomic E-state index is 12.8. The lowest BCUT2D eigenvalue weighted by Crippen LogP contribution is -2.44. The number of aromatic nitrogens is 1. The lowest BCUT2D eigenvalue weighted by Gasteiger charge is -2.33. The maximum Gasteiger partial charge on any atom is 0.270 e. The molecule has 2 aromatic heterocycles. The SMILES string of the molecule is CCc1c(C#N)ccnc1C(=O)NC1CCC2NNC(c3ccoc3)C2C1. The van der Waals surface area contributed by atoms with Crippen molar-refractivity contribution in [2.75, 3.05) is 0 Å². The Hall–Kier alpha value is -2.69. The van der Waals surface area contributed by atoms with Crippen LogP contribution in [0.25, 0.3) is 0 Å². The van der Waals surface area contributed by atoms with Crippen molar-refractivity contribution in [3.8, 4) is 6.07 Å². The van der Waals surface area contributed by atoms with Gasteiger partial charge in [-0.1, -0.05) is 6.92 Å². The largest absolute Gasteiger partial charge is 0.472 e. The predicted molar refractivity (Wildman–Crippen MR) is 98.4 cm³/mol. The molecule has 0 spiro atoms. The molecule has 0 aromatic carbocycles. The van der Waals surface area contributed by atoms with Gasteiger partial charge in [0.2, 0.25) is 0 Å². The average Bonchev–Trinajstić information content (AvgIpc) is 3.36. The molecule has 3 heterocycles. The fourth-order valence-corrected chi connectivity index (χ4v) is 4.37. The molecule has 0 bridgehead atoms. The molecule has 7 nitrogen and oxygen atoms in total. The molecule has 0 radical (unpaired) electrons. The third kappa shape index (κ3) is 3.34. The lowest BCUT2D eigenvalue weighted by molar-refractivity contribution is 0.0909. The molecule has 2 aliphatic rings. The molecule has 140 valence electrons. The van der Waals surface area contributed by atoms with Gasteiger partial charge in [-0.25, -0.2) is 5.43 Å². The van der Waals surface area contributed by atoms with E-state index in [9.17, 15) is 10.1 Å². The van der Waals surface area contributed by atoms with Crippen LogP contribution in [0.15, 0.2) is 35.3 Å². The van der Waals surface area contributed by atoms with Gasteiger partial charge in [0.1, 0.15) is 5.69 Å². The standard InChI is InChI=1S/C20H23N5O2/c1-2-15-12(10-21)5-7-22-19(15)20(26)23-14-3-4-17-16(9-14)18(25-24-17)13-6-8-27-11-13/h5-8,11,14,16-18,24-25H,2-4,9H2,1H3,(H,23,26). The van der Waals surface area contributed by atoms with Crippen molar-refractivity contribution < 1.29 is 9.21 Å². The molecule has 1 saturated heterocycles. The van der Waals surface area contributed by atoms with E-state index < -0.39 is 0 Å². The average molecular weight is 365 g/mol. The quantitative estimate of drug-likeness (QED) is 0.768. The topological polar surface area (TPSA) is 103 Å². The van der Waals surface area contributed by atoms with Gasteiger partial charge in [-0.3, -0.25) is 15.2 Å². The fraction of sp³-hybridized carbons (Fsp3) is 0.450. The number of rotatable bonds is 4. The van der Waals surface area contributed by atoms with Crippen molar-refractivity contribution in [3.05, 3.63) is 53.2 Å². The molecule has 1 aliphatic carbocycles. The fourth-order valence-electron chi connectivity index (χ4n) is 4.37. The van der Waals surface area contributed by atoms with Crippen LogP contribution in [-0.2, 0) is 6.42 Å². The smallest absolute Gasteiger partial charge is 0.270 e. The Labute approximate surface area is 158 Å². The number of furan rings is 1. The number of nitriles is 1. The number of carbonyl (C=O) groups is 1. The molecule has 4 atom stereocenters. The predicted octanol–water partition coefficient (Wildman–Crippen LogP) is 2.22. The highest BCUT2D eigenvalue weighted by Gasteiger charge is 2.41. The van der Waals surface area contributed by atoms with Crippen molar-refractivity contribution in [3.63, 3.8) is 0 Å². The van der Waals surface area contributed by atoms with Crippen LogP contribution >= 0.6 is 0 Å². The molecular formula is C20H23N5O2.